The number of amides is 1. The number of hydrogen-bond donors (Lipinski definition) is 3. The maximum Gasteiger partial charge on any atom is 0.358 e. The van der Waals surface area contributed by atoms with Crippen LogP contribution in [0, 0.1) is 5.92 Å². The smallest absolute Gasteiger partial charge is 0.358 e. The third-order valence-electron chi connectivity index (χ3n) is 11.8. The van der Waals surface area contributed by atoms with Crippen LogP contribution in [0.15, 0.2) is 148 Å². The molecule has 5 aromatic rings. The Kier molecular flexibility index (Phi) is 10.3. The van der Waals surface area contributed by atoms with Gasteiger partial charge in [0.2, 0.25) is 5.91 Å². The van der Waals surface area contributed by atoms with Crippen LogP contribution in [0.4, 0.5) is 11.4 Å². The maximum atomic E-state index is 13.1. The van der Waals surface area contributed by atoms with Crippen LogP contribution in [0.5, 0.6) is 5.75 Å². The first-order chi connectivity index (χ1) is 27.0. The monoisotopic (exact) mass is 776 g/mol. The molecule has 0 bridgehead atoms. The second-order valence-electron chi connectivity index (χ2n) is 16.2. The number of ketones is 1. The molecule has 5 nitrogen and oxygen atoms in total. The Morgan fingerprint density at radius 1 is 0.821 bits per heavy atom. The number of nitrogens with zero attached hydrogens (tertiary/aromatic N) is 1. The van der Waals surface area contributed by atoms with Gasteiger partial charge in [-0.25, -0.2) is 4.42 Å². The lowest BCUT2D eigenvalue weighted by molar-refractivity contribution is -0.362. The van der Waals surface area contributed by atoms with E-state index < -0.39 is 0 Å². The van der Waals surface area contributed by atoms with Gasteiger partial charge in [-0.3, -0.25) is 4.79 Å². The molecule has 0 saturated carbocycles. The largest absolute Gasteiger partial charge is 0.399 e. The Balaban J connectivity index is 1.25. The van der Waals surface area contributed by atoms with E-state index in [1.807, 2.05) is 12.1 Å². The van der Waals surface area contributed by atoms with Gasteiger partial charge in [-0.05, 0) is 132 Å². The zero-order valence-corrected chi connectivity index (χ0v) is 34.4. The Bertz CT molecular complexity index is 2520. The summed E-state index contributed by atoms with van der Waals surface area (Å²) < 4.78 is 6.60. The fourth-order valence-corrected chi connectivity index (χ4v) is 10.2. The van der Waals surface area contributed by atoms with Crippen molar-refractivity contribution in [3.05, 3.63) is 154 Å². The molecule has 0 fully saturated rings. The van der Waals surface area contributed by atoms with E-state index in [1.54, 1.807) is 11.8 Å². The molecule has 0 spiro atoms. The maximum absolute atomic E-state index is 13.1. The second-order valence-corrected chi connectivity index (χ2v) is 17.8. The molecule has 2 heterocycles. The number of carbonyl (C=O) groups excluding carboxylic acids is 2. The van der Waals surface area contributed by atoms with Crippen LogP contribution in [0.25, 0.3) is 21.5 Å². The lowest BCUT2D eigenvalue weighted by Gasteiger charge is -2.29. The summed E-state index contributed by atoms with van der Waals surface area (Å²) in [6.07, 6.45) is 12.0. The summed E-state index contributed by atoms with van der Waals surface area (Å²) in [5.41, 5.74) is 19.6. The Labute approximate surface area is 340 Å². The molecule has 284 valence electrons. The lowest BCUT2D eigenvalue weighted by Crippen LogP contribution is -2.28. The second kappa shape index (κ2) is 15.2. The highest BCUT2D eigenvalue weighted by Crippen LogP contribution is 2.52. The van der Waals surface area contributed by atoms with Crippen LogP contribution in [0.3, 0.4) is 0 Å². The minimum Gasteiger partial charge on any atom is -0.399 e. The van der Waals surface area contributed by atoms with Crippen molar-refractivity contribution in [2.24, 2.45) is 11.7 Å². The molecule has 3 aliphatic rings. The quantitative estimate of drug-likeness (QED) is 0.0434. The summed E-state index contributed by atoms with van der Waals surface area (Å²) in [5.74, 6) is 1.98. The molecule has 0 radical (unpaired) electrons. The summed E-state index contributed by atoms with van der Waals surface area (Å²) >= 11 is 6.25. The predicted octanol–water partition coefficient (Wildman–Crippen LogP) is 11.5. The molecule has 1 atom stereocenters. The van der Waals surface area contributed by atoms with Gasteiger partial charge >= 0.3 is 11.5 Å². The number of anilines is 2. The fourth-order valence-electron chi connectivity index (χ4n) is 8.87. The highest BCUT2D eigenvalue weighted by atomic mass is 32.2. The standard InChI is InChI=1S/C49H49N3O2S2/c1-48(2)42(52(27-9-10-28-55)40-23-15-31-11-5-7-13-38(31)44(40)48)25-17-33-29-35(47(51)53)30-34(46(33)56-37-21-19-36(50)20-22-37)18-26-43-49(3,4)45-39-14-8-6-12-32(39)16-24-41(45)54-43/h5-8,11-26,35H,9-10,27-30,50H2,1-4H3,(H2-,51,53,55)/p+1/b26-18+,33-17+,42-25+. The van der Waals surface area contributed by atoms with Gasteiger partial charge in [-0.15, -0.1) is 0 Å². The van der Waals surface area contributed by atoms with Crippen molar-refractivity contribution in [1.29, 1.82) is 0 Å². The predicted molar refractivity (Wildman–Crippen MR) is 240 cm³/mol. The third-order valence-corrected chi connectivity index (χ3v) is 13.3. The number of allylic oxidation sites excluding steroid dienone is 7. The van der Waals surface area contributed by atoms with Gasteiger partial charge < -0.3 is 16.4 Å². The topological polar surface area (TPSA) is 83.6 Å². The number of fused-ring (bicyclic) bond motifs is 6. The van der Waals surface area contributed by atoms with Crippen LogP contribution in [-0.2, 0) is 20.0 Å². The number of nitrogen functional groups attached to an aromatic ring is 1. The van der Waals surface area contributed by atoms with Gasteiger partial charge in [0, 0.05) is 56.9 Å². The van der Waals surface area contributed by atoms with Gasteiger partial charge in [0.15, 0.2) is 0 Å². The van der Waals surface area contributed by atoms with Gasteiger partial charge in [-0.1, -0.05) is 86.3 Å². The molecule has 1 amide bonds. The average molecular weight is 777 g/mol. The number of thiol groups is 1. The van der Waals surface area contributed by atoms with Crippen LogP contribution in [-0.4, -0.2) is 24.0 Å². The summed E-state index contributed by atoms with van der Waals surface area (Å²) in [4.78, 5) is 17.8. The van der Waals surface area contributed by atoms with Crippen LogP contribution < -0.4 is 16.4 Å². The summed E-state index contributed by atoms with van der Waals surface area (Å²) in [6, 6.07) is 33.9. The number of unbranched alkanes of at least 4 members (excludes halogenated alkanes) is 1. The first-order valence-corrected chi connectivity index (χ1v) is 21.1. The van der Waals surface area contributed by atoms with Gasteiger partial charge in [0.05, 0.1) is 5.56 Å². The minimum absolute atomic E-state index is 0.260. The van der Waals surface area contributed by atoms with E-state index in [0.717, 1.165) is 63.3 Å². The summed E-state index contributed by atoms with van der Waals surface area (Å²) in [5, 5.41) is 4.93. The molecule has 4 N–H and O–H groups in total. The van der Waals surface area contributed by atoms with E-state index >= 15 is 0 Å². The van der Waals surface area contributed by atoms with Gasteiger partial charge in [0.25, 0.3) is 0 Å². The van der Waals surface area contributed by atoms with Crippen molar-refractivity contribution in [3.8, 4) is 5.75 Å². The van der Waals surface area contributed by atoms with Crippen molar-refractivity contribution in [3.63, 3.8) is 0 Å². The number of benzene rings is 5. The lowest BCUT2D eigenvalue weighted by atomic mass is 9.78. The zero-order valence-electron chi connectivity index (χ0n) is 32.6. The van der Waals surface area contributed by atoms with Gasteiger partial charge in [-0.2, -0.15) is 12.6 Å². The number of hydrogen-bond acceptors (Lipinski definition) is 5. The molecule has 5 aromatic carbocycles. The van der Waals surface area contributed by atoms with Crippen molar-refractivity contribution in [2.45, 2.75) is 69.1 Å². The molecular weight excluding hydrogens is 727 g/mol. The zero-order chi connectivity index (χ0) is 39.2. The normalized spacial score (nSPS) is 20.1. The van der Waals surface area contributed by atoms with Crippen LogP contribution in [0.2, 0.25) is 0 Å². The molecule has 8 rings (SSSR count). The van der Waals surface area contributed by atoms with Crippen LogP contribution >= 0.6 is 24.4 Å². The van der Waals surface area contributed by atoms with Crippen molar-refractivity contribution in [2.75, 3.05) is 22.9 Å². The van der Waals surface area contributed by atoms with E-state index in [9.17, 15) is 4.79 Å². The van der Waals surface area contributed by atoms with Crippen molar-refractivity contribution < 1.29 is 9.22 Å². The summed E-state index contributed by atoms with van der Waals surface area (Å²) in [6.45, 7) is 10.0. The van der Waals surface area contributed by atoms with E-state index in [4.69, 9.17) is 15.9 Å². The molecule has 1 aliphatic carbocycles. The molecule has 1 unspecified atom stereocenters. The van der Waals surface area contributed by atoms with Crippen molar-refractivity contribution in [1.82, 2.24) is 0 Å². The molecule has 2 aliphatic heterocycles. The Morgan fingerprint density at radius 2 is 1.50 bits per heavy atom. The summed E-state index contributed by atoms with van der Waals surface area (Å²) in [7, 11) is 0. The first-order valence-electron chi connectivity index (χ1n) is 19.6. The van der Waals surface area contributed by atoms with Crippen LogP contribution in [0.1, 0.15) is 64.5 Å². The van der Waals surface area contributed by atoms with E-state index in [2.05, 4.69) is 154 Å². The Morgan fingerprint density at radius 3 is 2.20 bits per heavy atom. The molecule has 0 saturated heterocycles. The molecule has 7 heteroatoms. The first kappa shape index (κ1) is 37.9. The minimum atomic E-state index is -0.359. The Hall–Kier alpha value is -4.98. The number of carbonyl (C=O) groups is 1. The highest BCUT2D eigenvalue weighted by molar-refractivity contribution is 8.03. The molecule has 0 aromatic heterocycles. The molecule has 56 heavy (non-hydrogen) atoms. The van der Waals surface area contributed by atoms with Gasteiger partial charge in [0.1, 0.15) is 5.41 Å². The third kappa shape index (κ3) is 6.90. The van der Waals surface area contributed by atoms with Crippen molar-refractivity contribution >= 4 is 69.0 Å². The van der Waals surface area contributed by atoms with E-state index in [0.29, 0.717) is 12.8 Å². The highest BCUT2D eigenvalue weighted by Gasteiger charge is 2.47. The number of nitrogens with two attached hydrogens (primary N) is 2. The number of thioether (sulfide) groups is 1. The molecular formula is C49H50N3O2S2+. The fraction of sp³-hybridized carbons (Fsp3) is 0.265. The van der Waals surface area contributed by atoms with E-state index in [1.165, 1.54) is 44.1 Å². The average Bonchev–Trinajstić information content (AvgIpc) is 3.58. The SMILES string of the molecule is CC1(C)C(/C=C/C2=C(Sc3ccc(N)cc3)C(=C/C=C3/N(CCCCS)c4ccc5ccccc5c4C3(C)C)/CC(C(N)=O)C2)=[O+]c2ccc3ccccc3c21. The number of primary amides is 1. The number of rotatable bonds is 10. The van der Waals surface area contributed by atoms with E-state index in [-0.39, 0.29) is 22.7 Å².